The minimum absolute atomic E-state index is 0.111. The van der Waals surface area contributed by atoms with E-state index in [4.69, 9.17) is 5.26 Å². The van der Waals surface area contributed by atoms with Gasteiger partial charge in [0, 0.05) is 11.1 Å². The maximum Gasteiger partial charge on any atom is 0.334 e. The molecule has 0 amide bonds. The van der Waals surface area contributed by atoms with Crippen molar-refractivity contribution in [1.29, 1.82) is 5.26 Å². The van der Waals surface area contributed by atoms with Gasteiger partial charge in [-0.05, 0) is 13.3 Å². The largest absolute Gasteiger partial charge is 0.334 e. The van der Waals surface area contributed by atoms with Crippen LogP contribution in [-0.2, 0) is 6.42 Å². The van der Waals surface area contributed by atoms with Gasteiger partial charge in [0.1, 0.15) is 11.6 Å². The van der Waals surface area contributed by atoms with E-state index in [1.54, 1.807) is 6.07 Å². The lowest BCUT2D eigenvalue weighted by atomic mass is 10.3. The number of thiazole rings is 1. The van der Waals surface area contributed by atoms with Crippen LogP contribution >= 0.6 is 11.3 Å². The van der Waals surface area contributed by atoms with Gasteiger partial charge in [-0.2, -0.15) is 5.26 Å². The Kier molecular flexibility index (Phi) is 3.12. The molecule has 0 spiro atoms. The number of aryl methyl sites for hydroxylation is 2. The van der Waals surface area contributed by atoms with Crippen LogP contribution in [0.1, 0.15) is 23.1 Å². The minimum Gasteiger partial charge on any atom is -0.272 e. The van der Waals surface area contributed by atoms with E-state index in [1.807, 2.05) is 13.8 Å². The monoisotopic (exact) mass is 262 g/mol. The molecule has 0 aromatic carbocycles. The Hall–Kier alpha value is -2.20. The average Bonchev–Trinajstić information content (AvgIpc) is 2.70. The van der Waals surface area contributed by atoms with Crippen molar-refractivity contribution in [2.45, 2.75) is 20.3 Å². The van der Waals surface area contributed by atoms with E-state index in [9.17, 15) is 9.59 Å². The first kappa shape index (κ1) is 12.3. The molecule has 7 heteroatoms. The lowest BCUT2D eigenvalue weighted by Crippen LogP contribution is -2.30. The third kappa shape index (κ3) is 1.98. The first-order chi connectivity index (χ1) is 8.56. The van der Waals surface area contributed by atoms with Gasteiger partial charge in [-0.1, -0.05) is 6.92 Å². The predicted molar refractivity (Wildman–Crippen MR) is 67.2 cm³/mol. The zero-order chi connectivity index (χ0) is 13.3. The molecule has 6 nitrogen and oxygen atoms in total. The number of rotatable bonds is 2. The van der Waals surface area contributed by atoms with Crippen molar-refractivity contribution in [3.63, 3.8) is 0 Å². The predicted octanol–water partition coefficient (Wildman–Crippen LogP) is 0.725. The number of aromatic amines is 1. The Labute approximate surface area is 106 Å². The van der Waals surface area contributed by atoms with E-state index in [0.29, 0.717) is 5.13 Å². The summed E-state index contributed by atoms with van der Waals surface area (Å²) in [6.07, 6.45) is 1.99. The quantitative estimate of drug-likeness (QED) is 0.863. The highest BCUT2D eigenvalue weighted by Crippen LogP contribution is 2.20. The van der Waals surface area contributed by atoms with Crippen molar-refractivity contribution in [2.24, 2.45) is 0 Å². The van der Waals surface area contributed by atoms with Gasteiger partial charge in [-0.15, -0.1) is 11.3 Å². The lowest BCUT2D eigenvalue weighted by Gasteiger charge is -1.99. The van der Waals surface area contributed by atoms with Crippen LogP contribution in [0.4, 0.5) is 0 Å². The summed E-state index contributed by atoms with van der Waals surface area (Å²) in [7, 11) is 0. The fraction of sp³-hybridized carbons (Fsp3) is 0.273. The SMILES string of the molecule is CCc1nc(-n2cc(C#N)c(=O)[nH]c2=O)sc1C. The summed E-state index contributed by atoms with van der Waals surface area (Å²) < 4.78 is 1.19. The minimum atomic E-state index is -0.678. The van der Waals surface area contributed by atoms with Crippen molar-refractivity contribution in [1.82, 2.24) is 14.5 Å². The number of hydrogen-bond donors (Lipinski definition) is 1. The molecule has 0 aliphatic carbocycles. The molecule has 92 valence electrons. The summed E-state index contributed by atoms with van der Waals surface area (Å²) in [5.41, 5.74) is -0.467. The fourth-order valence-electron chi connectivity index (χ4n) is 1.54. The summed E-state index contributed by atoms with van der Waals surface area (Å²) in [6, 6.07) is 1.74. The standard InChI is InChI=1S/C11H10N4O2S/c1-3-8-6(2)18-11(13-8)15-5-7(4-12)9(16)14-10(15)17/h5H,3H2,1-2H3,(H,14,16,17). The molecule has 0 saturated heterocycles. The molecule has 0 radical (unpaired) electrons. The van der Waals surface area contributed by atoms with E-state index in [-0.39, 0.29) is 5.56 Å². The highest BCUT2D eigenvalue weighted by atomic mass is 32.1. The van der Waals surface area contributed by atoms with E-state index >= 15 is 0 Å². The Bertz CT molecular complexity index is 748. The van der Waals surface area contributed by atoms with Crippen LogP contribution in [0.5, 0.6) is 0 Å². The molecule has 0 atom stereocenters. The van der Waals surface area contributed by atoms with Gasteiger partial charge in [0.05, 0.1) is 5.69 Å². The Balaban J connectivity index is 2.68. The fourth-order valence-corrected chi connectivity index (χ4v) is 2.51. The molecule has 2 heterocycles. The number of H-pyrrole nitrogens is 1. The molecule has 18 heavy (non-hydrogen) atoms. The third-order valence-electron chi connectivity index (χ3n) is 2.48. The van der Waals surface area contributed by atoms with Crippen LogP contribution in [0.2, 0.25) is 0 Å². The summed E-state index contributed by atoms with van der Waals surface area (Å²) in [5.74, 6) is 0. The third-order valence-corrected chi connectivity index (χ3v) is 3.50. The number of aromatic nitrogens is 3. The van der Waals surface area contributed by atoms with Crippen molar-refractivity contribution < 1.29 is 0 Å². The molecule has 2 aromatic heterocycles. The summed E-state index contributed by atoms with van der Waals surface area (Å²) in [6.45, 7) is 3.89. The van der Waals surface area contributed by atoms with Gasteiger partial charge in [0.2, 0.25) is 0 Å². The first-order valence-corrected chi connectivity index (χ1v) is 6.11. The van der Waals surface area contributed by atoms with Gasteiger partial charge in [-0.25, -0.2) is 14.3 Å². The number of hydrogen-bond acceptors (Lipinski definition) is 5. The van der Waals surface area contributed by atoms with E-state index in [1.165, 1.54) is 22.1 Å². The Morgan fingerprint density at radius 1 is 1.56 bits per heavy atom. The maximum atomic E-state index is 11.7. The highest BCUT2D eigenvalue weighted by Gasteiger charge is 2.11. The molecular weight excluding hydrogens is 252 g/mol. The highest BCUT2D eigenvalue weighted by molar-refractivity contribution is 7.14. The number of nitriles is 1. The van der Waals surface area contributed by atoms with Crippen LogP contribution in [-0.4, -0.2) is 14.5 Å². The summed E-state index contributed by atoms with van der Waals surface area (Å²) in [4.78, 5) is 30.4. The van der Waals surface area contributed by atoms with Gasteiger partial charge in [0.25, 0.3) is 5.56 Å². The van der Waals surface area contributed by atoms with Crippen LogP contribution < -0.4 is 11.2 Å². The van der Waals surface area contributed by atoms with E-state index < -0.39 is 11.2 Å². The number of nitrogens with zero attached hydrogens (tertiary/aromatic N) is 3. The first-order valence-electron chi connectivity index (χ1n) is 5.29. The van der Waals surface area contributed by atoms with Gasteiger partial charge >= 0.3 is 5.69 Å². The van der Waals surface area contributed by atoms with Crippen molar-refractivity contribution in [2.75, 3.05) is 0 Å². The Morgan fingerprint density at radius 3 is 2.83 bits per heavy atom. The number of nitrogens with one attached hydrogen (secondary N) is 1. The maximum absolute atomic E-state index is 11.7. The molecule has 0 aliphatic heterocycles. The second-order valence-electron chi connectivity index (χ2n) is 3.64. The zero-order valence-corrected chi connectivity index (χ0v) is 10.7. The van der Waals surface area contributed by atoms with Gasteiger partial charge in [-0.3, -0.25) is 9.78 Å². The molecule has 0 unspecified atom stereocenters. The molecule has 0 aliphatic rings. The molecule has 2 rings (SSSR count). The smallest absolute Gasteiger partial charge is 0.272 e. The van der Waals surface area contributed by atoms with Crippen molar-refractivity contribution >= 4 is 11.3 Å². The van der Waals surface area contributed by atoms with Crippen LogP contribution in [0, 0.1) is 18.3 Å². The molecule has 1 N–H and O–H groups in total. The molecule has 2 aromatic rings. The van der Waals surface area contributed by atoms with Crippen LogP contribution in [0.25, 0.3) is 5.13 Å². The van der Waals surface area contributed by atoms with Gasteiger partial charge < -0.3 is 0 Å². The van der Waals surface area contributed by atoms with Gasteiger partial charge in [0.15, 0.2) is 5.13 Å². The van der Waals surface area contributed by atoms with Crippen molar-refractivity contribution in [3.05, 3.63) is 43.2 Å². The lowest BCUT2D eigenvalue weighted by molar-refractivity contribution is 0.870. The van der Waals surface area contributed by atoms with Crippen LogP contribution in [0.3, 0.4) is 0 Å². The topological polar surface area (TPSA) is 91.5 Å². The Morgan fingerprint density at radius 2 is 2.28 bits per heavy atom. The van der Waals surface area contributed by atoms with E-state index in [2.05, 4.69) is 9.97 Å². The van der Waals surface area contributed by atoms with Crippen molar-refractivity contribution in [3.8, 4) is 11.2 Å². The average molecular weight is 262 g/mol. The molecular formula is C11H10N4O2S. The molecule has 0 fully saturated rings. The summed E-state index contributed by atoms with van der Waals surface area (Å²) >= 11 is 1.35. The zero-order valence-electron chi connectivity index (χ0n) is 9.85. The van der Waals surface area contributed by atoms with Crippen LogP contribution in [0.15, 0.2) is 15.8 Å². The molecule has 0 bridgehead atoms. The second kappa shape index (κ2) is 4.58. The normalized spacial score (nSPS) is 10.3. The second-order valence-corrected chi connectivity index (χ2v) is 4.82. The van der Waals surface area contributed by atoms with E-state index in [0.717, 1.165) is 17.0 Å². The molecule has 0 saturated carbocycles. The summed E-state index contributed by atoms with van der Waals surface area (Å²) in [5, 5.41) is 9.24.